The van der Waals surface area contributed by atoms with E-state index in [0.717, 1.165) is 50.6 Å². The Balaban J connectivity index is 1.75. The summed E-state index contributed by atoms with van der Waals surface area (Å²) in [6, 6.07) is 0.00826. The molecule has 2 aliphatic rings. The quantitative estimate of drug-likeness (QED) is 0.659. The Kier molecular flexibility index (Phi) is 7.29. The second-order valence-corrected chi connectivity index (χ2v) is 9.22. The van der Waals surface area contributed by atoms with Gasteiger partial charge in [-0.25, -0.2) is 4.79 Å². The minimum Gasteiger partial charge on any atom is -0.462 e. The zero-order valence-corrected chi connectivity index (χ0v) is 18.1. The number of likely N-dealkylation sites (tertiary alicyclic amines) is 1. The van der Waals surface area contributed by atoms with E-state index in [0.29, 0.717) is 23.1 Å². The second kappa shape index (κ2) is 9.71. The predicted molar refractivity (Wildman–Crippen MR) is 113 cm³/mol. The molecule has 7 nitrogen and oxygen atoms in total. The van der Waals surface area contributed by atoms with Crippen molar-refractivity contribution in [3.05, 3.63) is 16.0 Å². The Morgan fingerprint density at radius 3 is 2.79 bits per heavy atom. The van der Waals surface area contributed by atoms with E-state index in [1.54, 1.807) is 6.92 Å². The highest BCUT2D eigenvalue weighted by molar-refractivity contribution is 7.17. The highest BCUT2D eigenvalue weighted by Crippen LogP contribution is 2.40. The van der Waals surface area contributed by atoms with Crippen molar-refractivity contribution >= 4 is 34.1 Å². The summed E-state index contributed by atoms with van der Waals surface area (Å²) < 4.78 is 5.27. The van der Waals surface area contributed by atoms with Gasteiger partial charge in [0.1, 0.15) is 5.00 Å². The molecule has 1 fully saturated rings. The molecule has 0 bridgehead atoms. The first kappa shape index (κ1) is 21.8. The van der Waals surface area contributed by atoms with Gasteiger partial charge in [-0.15, -0.1) is 11.3 Å². The summed E-state index contributed by atoms with van der Waals surface area (Å²) in [5.74, 6) is -0.299. The van der Waals surface area contributed by atoms with Gasteiger partial charge in [-0.1, -0.05) is 13.3 Å². The van der Waals surface area contributed by atoms with Crippen molar-refractivity contribution in [2.24, 2.45) is 11.7 Å². The maximum Gasteiger partial charge on any atom is 0.341 e. The minimum absolute atomic E-state index is 0.00826. The van der Waals surface area contributed by atoms with Crippen LogP contribution in [0.3, 0.4) is 0 Å². The van der Waals surface area contributed by atoms with Gasteiger partial charge in [0.05, 0.1) is 18.7 Å². The summed E-state index contributed by atoms with van der Waals surface area (Å²) in [5.41, 5.74) is 6.93. The summed E-state index contributed by atoms with van der Waals surface area (Å²) >= 11 is 1.50. The van der Waals surface area contributed by atoms with E-state index in [1.165, 1.54) is 16.2 Å². The molecule has 0 saturated carbocycles. The lowest BCUT2D eigenvalue weighted by Crippen LogP contribution is -2.45. The predicted octanol–water partition coefficient (Wildman–Crippen LogP) is 2.72. The zero-order valence-electron chi connectivity index (χ0n) is 17.3. The summed E-state index contributed by atoms with van der Waals surface area (Å²) in [5, 5.41) is 3.56. The van der Waals surface area contributed by atoms with Gasteiger partial charge >= 0.3 is 5.97 Å². The number of ether oxygens (including phenoxy) is 1. The van der Waals surface area contributed by atoms with Gasteiger partial charge in [-0.3, -0.25) is 14.5 Å². The van der Waals surface area contributed by atoms with Gasteiger partial charge < -0.3 is 15.8 Å². The van der Waals surface area contributed by atoms with E-state index in [2.05, 4.69) is 12.2 Å². The van der Waals surface area contributed by atoms with Gasteiger partial charge in [0, 0.05) is 17.3 Å². The minimum atomic E-state index is -0.362. The van der Waals surface area contributed by atoms with Crippen LogP contribution in [0.2, 0.25) is 0 Å². The van der Waals surface area contributed by atoms with Crippen LogP contribution in [0.25, 0.3) is 0 Å². The largest absolute Gasteiger partial charge is 0.462 e. The molecule has 2 heterocycles. The lowest BCUT2D eigenvalue weighted by atomic mass is 9.88. The molecule has 1 saturated heterocycles. The number of nitrogens with one attached hydrogen (secondary N) is 1. The van der Waals surface area contributed by atoms with Crippen molar-refractivity contribution in [2.75, 3.05) is 25.0 Å². The van der Waals surface area contributed by atoms with E-state index in [-0.39, 0.29) is 36.8 Å². The number of carbonyl (C=O) groups excluding carboxylic acids is 3. The molecular weight excluding hydrogens is 390 g/mol. The third-order valence-corrected chi connectivity index (χ3v) is 6.95. The number of carbonyl (C=O) groups is 3. The summed E-state index contributed by atoms with van der Waals surface area (Å²) in [7, 11) is 0. The average Bonchev–Trinajstić information content (AvgIpc) is 2.99. The lowest BCUT2D eigenvalue weighted by Gasteiger charge is -2.34. The molecule has 2 unspecified atom stereocenters. The number of esters is 1. The van der Waals surface area contributed by atoms with Gasteiger partial charge in [0.15, 0.2) is 0 Å². The smallest absolute Gasteiger partial charge is 0.341 e. The first-order valence-corrected chi connectivity index (χ1v) is 11.3. The number of piperidine rings is 1. The molecule has 1 aromatic heterocycles. The van der Waals surface area contributed by atoms with Crippen molar-refractivity contribution in [3.63, 3.8) is 0 Å². The van der Waals surface area contributed by atoms with Crippen LogP contribution in [0.5, 0.6) is 0 Å². The molecule has 8 heteroatoms. The van der Waals surface area contributed by atoms with Crippen molar-refractivity contribution < 1.29 is 19.1 Å². The number of thiophene rings is 1. The number of hydrogen-bond donors (Lipinski definition) is 2. The molecule has 2 amide bonds. The van der Waals surface area contributed by atoms with Crippen LogP contribution in [0.1, 0.15) is 66.8 Å². The van der Waals surface area contributed by atoms with Crippen molar-refractivity contribution in [2.45, 2.75) is 64.8 Å². The normalized spacial score (nSPS) is 22.0. The van der Waals surface area contributed by atoms with Crippen LogP contribution in [0.15, 0.2) is 0 Å². The molecule has 1 aromatic rings. The SMILES string of the molecule is CCOC(=O)c1c(NC(=O)CN2CCCCC2CC(N)=O)sc2c1CCC(C)C2. The van der Waals surface area contributed by atoms with Crippen LogP contribution in [-0.2, 0) is 27.2 Å². The fourth-order valence-corrected chi connectivity index (χ4v) is 5.76. The number of primary amides is 1. The number of hydrogen-bond acceptors (Lipinski definition) is 6. The van der Waals surface area contributed by atoms with Crippen LogP contribution in [0, 0.1) is 5.92 Å². The maximum atomic E-state index is 12.8. The lowest BCUT2D eigenvalue weighted by molar-refractivity contribution is -0.122. The summed E-state index contributed by atoms with van der Waals surface area (Å²) in [6.45, 7) is 5.26. The van der Waals surface area contributed by atoms with E-state index < -0.39 is 0 Å². The number of rotatable bonds is 7. The standard InChI is InChI=1S/C21H31N3O4S/c1-3-28-21(27)19-15-8-7-13(2)10-16(15)29-20(19)23-18(26)12-24-9-5-4-6-14(24)11-17(22)25/h13-14H,3-12H2,1-2H3,(H2,22,25)(H,23,26). The average molecular weight is 422 g/mol. The zero-order chi connectivity index (χ0) is 21.0. The van der Waals surface area contributed by atoms with Gasteiger partial charge in [0.2, 0.25) is 11.8 Å². The summed E-state index contributed by atoms with van der Waals surface area (Å²) in [6.07, 6.45) is 5.98. The van der Waals surface area contributed by atoms with Gasteiger partial charge in [0.25, 0.3) is 0 Å². The van der Waals surface area contributed by atoms with Crippen molar-refractivity contribution in [1.29, 1.82) is 0 Å². The molecule has 2 atom stereocenters. The Labute approximate surface area is 176 Å². The number of nitrogens with two attached hydrogens (primary N) is 1. The maximum absolute atomic E-state index is 12.8. The molecule has 29 heavy (non-hydrogen) atoms. The number of amides is 2. The molecule has 0 radical (unpaired) electrons. The van der Waals surface area contributed by atoms with Gasteiger partial charge in [-0.05, 0) is 57.1 Å². The fourth-order valence-electron chi connectivity index (χ4n) is 4.34. The van der Waals surface area contributed by atoms with Gasteiger partial charge in [-0.2, -0.15) is 0 Å². The third-order valence-electron chi connectivity index (χ3n) is 5.78. The summed E-state index contributed by atoms with van der Waals surface area (Å²) in [4.78, 5) is 40.0. The molecule has 160 valence electrons. The highest BCUT2D eigenvalue weighted by Gasteiger charge is 2.30. The van der Waals surface area contributed by atoms with E-state index in [4.69, 9.17) is 10.5 Å². The van der Waals surface area contributed by atoms with Crippen LogP contribution < -0.4 is 11.1 Å². The van der Waals surface area contributed by atoms with E-state index >= 15 is 0 Å². The van der Waals surface area contributed by atoms with Crippen molar-refractivity contribution in [3.8, 4) is 0 Å². The molecule has 0 aromatic carbocycles. The third kappa shape index (κ3) is 5.36. The number of nitrogens with zero attached hydrogens (tertiary/aromatic N) is 1. The number of anilines is 1. The molecule has 1 aliphatic heterocycles. The van der Waals surface area contributed by atoms with Crippen LogP contribution >= 0.6 is 11.3 Å². The highest BCUT2D eigenvalue weighted by atomic mass is 32.1. The first-order valence-electron chi connectivity index (χ1n) is 10.5. The topological polar surface area (TPSA) is 102 Å². The molecule has 3 N–H and O–H groups in total. The molecule has 0 spiro atoms. The molecule has 1 aliphatic carbocycles. The Morgan fingerprint density at radius 1 is 1.28 bits per heavy atom. The Morgan fingerprint density at radius 2 is 2.07 bits per heavy atom. The number of fused-ring (bicyclic) bond motifs is 1. The molecule has 3 rings (SSSR count). The van der Waals surface area contributed by atoms with E-state index in [1.807, 2.05) is 4.90 Å². The molecular formula is C21H31N3O4S. The van der Waals surface area contributed by atoms with Crippen molar-refractivity contribution in [1.82, 2.24) is 4.90 Å². The van der Waals surface area contributed by atoms with Crippen LogP contribution in [0.4, 0.5) is 5.00 Å². The monoisotopic (exact) mass is 421 g/mol. The van der Waals surface area contributed by atoms with E-state index in [9.17, 15) is 14.4 Å². The first-order chi connectivity index (χ1) is 13.9. The Hall–Kier alpha value is -1.93. The Bertz CT molecular complexity index is 776. The second-order valence-electron chi connectivity index (χ2n) is 8.12. The van der Waals surface area contributed by atoms with Crippen LogP contribution in [-0.4, -0.2) is 48.4 Å². The fraction of sp³-hybridized carbons (Fsp3) is 0.667.